The van der Waals surface area contributed by atoms with Gasteiger partial charge in [0, 0.05) is 49.4 Å². The molecule has 0 atom stereocenters. The Kier molecular flexibility index (Phi) is 7.49. The van der Waals surface area contributed by atoms with Crippen molar-refractivity contribution in [2.75, 3.05) is 19.8 Å². The molecule has 6 nitrogen and oxygen atoms in total. The number of para-hydroxylation sites is 1. The summed E-state index contributed by atoms with van der Waals surface area (Å²) in [6.45, 7) is 10.2. The fraction of sp³-hybridized carbons (Fsp3) is 0.500. The Morgan fingerprint density at radius 2 is 1.52 bits per heavy atom. The van der Waals surface area contributed by atoms with E-state index < -0.39 is 8.80 Å². The topological polar surface area (TPSA) is 66.8 Å². The summed E-state index contributed by atoms with van der Waals surface area (Å²) in [4.78, 5) is 24.8. The molecular weight excluding hydrogens is 362 g/mol. The van der Waals surface area contributed by atoms with Crippen LogP contribution in [0.25, 0.3) is 10.9 Å². The lowest BCUT2D eigenvalue weighted by Crippen LogP contribution is -2.46. The number of Topliss-reactive ketones (excluding diaryl/α,β-unsaturated/α-hetero) is 1. The maximum absolute atomic E-state index is 12.4. The lowest BCUT2D eigenvalue weighted by Gasteiger charge is -2.28. The standard InChI is InChI=1S/C20H29NO5Si/c1-6-24-27(25-7-2,26-8-3)14-13-19-20(15(4)22)17-11-9-10-12-18(17)21(19)16(5)23/h9-12H,6-8,13-14H2,1-5H3. The lowest BCUT2D eigenvalue weighted by molar-refractivity contribution is 0.0710. The van der Waals surface area contributed by atoms with Gasteiger partial charge < -0.3 is 13.3 Å². The van der Waals surface area contributed by atoms with E-state index in [-0.39, 0.29) is 11.7 Å². The van der Waals surface area contributed by atoms with Crippen molar-refractivity contribution in [2.24, 2.45) is 0 Å². The van der Waals surface area contributed by atoms with Crippen LogP contribution in [0.4, 0.5) is 0 Å². The molecule has 2 rings (SSSR count). The van der Waals surface area contributed by atoms with Crippen molar-refractivity contribution < 1.29 is 22.9 Å². The first-order valence-corrected chi connectivity index (χ1v) is 11.4. The predicted octanol–water partition coefficient (Wildman–Crippen LogP) is 4.09. The van der Waals surface area contributed by atoms with E-state index >= 15 is 0 Å². The van der Waals surface area contributed by atoms with Gasteiger partial charge in [0.1, 0.15) is 0 Å². The van der Waals surface area contributed by atoms with E-state index in [2.05, 4.69) is 0 Å². The van der Waals surface area contributed by atoms with Crippen LogP contribution < -0.4 is 0 Å². The Morgan fingerprint density at radius 1 is 0.963 bits per heavy atom. The number of fused-ring (bicyclic) bond motifs is 1. The third-order valence-electron chi connectivity index (χ3n) is 4.40. The maximum atomic E-state index is 12.4. The molecule has 1 aromatic heterocycles. The highest BCUT2D eigenvalue weighted by molar-refractivity contribution is 6.60. The summed E-state index contributed by atoms with van der Waals surface area (Å²) < 4.78 is 19.4. The number of ketones is 1. The summed E-state index contributed by atoms with van der Waals surface area (Å²) in [5, 5.41) is 0.798. The van der Waals surface area contributed by atoms with E-state index in [1.165, 1.54) is 13.8 Å². The minimum absolute atomic E-state index is 0.0577. The molecule has 0 aliphatic heterocycles. The Bertz CT molecular complexity index is 746. The molecular formula is C20H29NO5Si. The van der Waals surface area contributed by atoms with Crippen molar-refractivity contribution in [1.29, 1.82) is 0 Å². The molecule has 0 N–H and O–H groups in total. The van der Waals surface area contributed by atoms with Gasteiger partial charge >= 0.3 is 8.80 Å². The van der Waals surface area contributed by atoms with Crippen LogP contribution in [0.15, 0.2) is 24.3 Å². The van der Waals surface area contributed by atoms with Crippen LogP contribution in [0.1, 0.15) is 55.5 Å². The van der Waals surface area contributed by atoms with Crippen molar-refractivity contribution >= 4 is 31.4 Å². The Hall–Kier alpha value is -1.80. The molecule has 0 saturated heterocycles. The molecule has 0 amide bonds. The predicted molar refractivity (Wildman–Crippen MR) is 107 cm³/mol. The normalized spacial score (nSPS) is 11.9. The molecule has 1 heterocycles. The lowest BCUT2D eigenvalue weighted by atomic mass is 10.1. The first-order valence-electron chi connectivity index (χ1n) is 9.46. The summed E-state index contributed by atoms with van der Waals surface area (Å²) in [5.41, 5.74) is 2.04. The van der Waals surface area contributed by atoms with Gasteiger partial charge in [-0.25, -0.2) is 0 Å². The molecule has 2 aromatic rings. The summed E-state index contributed by atoms with van der Waals surface area (Å²) in [6, 6.07) is 8.00. The molecule has 0 bridgehead atoms. The zero-order valence-electron chi connectivity index (χ0n) is 16.8. The number of hydrogen-bond donors (Lipinski definition) is 0. The molecule has 0 fully saturated rings. The minimum Gasteiger partial charge on any atom is -0.374 e. The SMILES string of the molecule is CCO[Si](CCc1c(C(C)=O)c2ccccc2n1C(C)=O)(OCC)OCC. The van der Waals surface area contributed by atoms with Crippen LogP contribution in [-0.2, 0) is 19.7 Å². The molecule has 0 radical (unpaired) electrons. The average molecular weight is 392 g/mol. The molecule has 0 aliphatic carbocycles. The van der Waals surface area contributed by atoms with Crippen molar-refractivity contribution in [3.8, 4) is 0 Å². The van der Waals surface area contributed by atoms with Crippen molar-refractivity contribution in [3.05, 3.63) is 35.5 Å². The van der Waals surface area contributed by atoms with E-state index in [9.17, 15) is 9.59 Å². The monoisotopic (exact) mass is 391 g/mol. The molecule has 148 valence electrons. The number of carbonyl (C=O) groups is 2. The first kappa shape index (κ1) is 21.5. The number of benzene rings is 1. The van der Waals surface area contributed by atoms with Crippen molar-refractivity contribution in [2.45, 2.75) is 47.1 Å². The number of rotatable bonds is 10. The van der Waals surface area contributed by atoms with E-state index in [1.807, 2.05) is 45.0 Å². The molecule has 0 unspecified atom stereocenters. The Morgan fingerprint density at radius 3 is 2.00 bits per heavy atom. The van der Waals surface area contributed by atoms with Gasteiger partial charge in [0.05, 0.1) is 5.52 Å². The molecule has 7 heteroatoms. The van der Waals surface area contributed by atoms with Gasteiger partial charge in [0.25, 0.3) is 0 Å². The second-order valence-corrected chi connectivity index (χ2v) is 8.96. The van der Waals surface area contributed by atoms with Gasteiger partial charge in [-0.05, 0) is 40.2 Å². The van der Waals surface area contributed by atoms with Gasteiger partial charge in [-0.3, -0.25) is 14.2 Å². The number of hydrogen-bond acceptors (Lipinski definition) is 5. The first-order chi connectivity index (χ1) is 12.9. The molecule has 0 saturated carbocycles. The number of nitrogens with zero attached hydrogens (tertiary/aromatic N) is 1. The van der Waals surface area contributed by atoms with Gasteiger partial charge in [-0.2, -0.15) is 0 Å². The fourth-order valence-electron chi connectivity index (χ4n) is 3.55. The summed E-state index contributed by atoms with van der Waals surface area (Å²) in [7, 11) is -2.88. The van der Waals surface area contributed by atoms with Crippen LogP contribution >= 0.6 is 0 Å². The van der Waals surface area contributed by atoms with Crippen molar-refractivity contribution in [3.63, 3.8) is 0 Å². The van der Waals surface area contributed by atoms with Crippen LogP contribution in [0.2, 0.25) is 6.04 Å². The smallest absolute Gasteiger partial charge is 0.374 e. The Labute approximate surface area is 161 Å². The van der Waals surface area contributed by atoms with E-state index in [1.54, 1.807) is 4.57 Å². The van der Waals surface area contributed by atoms with E-state index in [4.69, 9.17) is 13.3 Å². The minimum atomic E-state index is -2.88. The van der Waals surface area contributed by atoms with Gasteiger partial charge in [-0.1, -0.05) is 18.2 Å². The fourth-order valence-corrected chi connectivity index (χ4v) is 6.10. The molecule has 1 aromatic carbocycles. The highest BCUT2D eigenvalue weighted by atomic mass is 28.4. The van der Waals surface area contributed by atoms with Gasteiger partial charge in [-0.15, -0.1) is 0 Å². The maximum Gasteiger partial charge on any atom is 0.501 e. The van der Waals surface area contributed by atoms with Crippen LogP contribution in [0.5, 0.6) is 0 Å². The van der Waals surface area contributed by atoms with Crippen LogP contribution in [0.3, 0.4) is 0 Å². The van der Waals surface area contributed by atoms with Gasteiger partial charge in [0.2, 0.25) is 5.91 Å². The zero-order valence-corrected chi connectivity index (χ0v) is 17.8. The third-order valence-corrected chi connectivity index (χ3v) is 7.45. The highest BCUT2D eigenvalue weighted by Gasteiger charge is 2.40. The average Bonchev–Trinajstić information content (AvgIpc) is 2.95. The van der Waals surface area contributed by atoms with Crippen LogP contribution in [-0.4, -0.2) is 44.9 Å². The number of carbonyl (C=O) groups excluding carboxylic acids is 2. The molecule has 0 spiro atoms. The van der Waals surface area contributed by atoms with E-state index in [0.29, 0.717) is 43.5 Å². The zero-order chi connectivity index (χ0) is 20.0. The van der Waals surface area contributed by atoms with Crippen molar-refractivity contribution in [1.82, 2.24) is 4.57 Å². The molecule has 27 heavy (non-hydrogen) atoms. The highest BCUT2D eigenvalue weighted by Crippen LogP contribution is 2.30. The summed E-state index contributed by atoms with van der Waals surface area (Å²) in [5.74, 6) is -0.178. The summed E-state index contributed by atoms with van der Waals surface area (Å²) >= 11 is 0. The summed E-state index contributed by atoms with van der Waals surface area (Å²) in [6.07, 6.45) is 0.468. The third kappa shape index (κ3) is 4.55. The van der Waals surface area contributed by atoms with E-state index in [0.717, 1.165) is 10.9 Å². The number of aromatic nitrogens is 1. The molecule has 0 aliphatic rings. The largest absolute Gasteiger partial charge is 0.501 e. The van der Waals surface area contributed by atoms with Crippen LogP contribution in [0, 0.1) is 0 Å². The second-order valence-electron chi connectivity index (χ2n) is 6.23. The Balaban J connectivity index is 2.53. The van der Waals surface area contributed by atoms with Gasteiger partial charge in [0.15, 0.2) is 5.78 Å². The second kappa shape index (κ2) is 9.41. The quantitative estimate of drug-likeness (QED) is 0.451.